The number of aliphatic carboxylic acids is 2. The van der Waals surface area contributed by atoms with E-state index in [4.69, 9.17) is 30.2 Å². The van der Waals surface area contributed by atoms with Gasteiger partial charge >= 0.3 is 11.9 Å². The summed E-state index contributed by atoms with van der Waals surface area (Å²) in [5, 5.41) is 26.8. The summed E-state index contributed by atoms with van der Waals surface area (Å²) < 4.78 is 16.0. The highest BCUT2D eigenvalue weighted by atomic mass is 17.0. The normalized spacial score (nSPS) is 12.0. The molecule has 12 heteroatoms. The van der Waals surface area contributed by atoms with Crippen molar-refractivity contribution in [2.24, 2.45) is 5.73 Å². The molecule has 0 amide bonds. The number of carbonyl (C=O) groups is 2. The zero-order valence-electron chi connectivity index (χ0n) is 14.9. The van der Waals surface area contributed by atoms with Crippen LogP contribution in [0.5, 0.6) is 17.2 Å². The van der Waals surface area contributed by atoms with Gasteiger partial charge in [0.2, 0.25) is 0 Å². The molecule has 12 nitrogen and oxygen atoms in total. The van der Waals surface area contributed by atoms with Crippen molar-refractivity contribution in [3.05, 3.63) is 40.0 Å². The van der Waals surface area contributed by atoms with E-state index >= 15 is 0 Å². The van der Waals surface area contributed by atoms with Crippen molar-refractivity contribution < 1.29 is 43.9 Å². The summed E-state index contributed by atoms with van der Waals surface area (Å²) in [6.07, 6.45) is 0.350. The number of ether oxygens (including phenoxy) is 3. The van der Waals surface area contributed by atoms with Crippen molar-refractivity contribution in [2.75, 3.05) is 26.9 Å². The Kier molecular flexibility index (Phi) is 9.03. The van der Waals surface area contributed by atoms with Gasteiger partial charge in [0.15, 0.2) is 11.5 Å². The standard InChI is InChI=1S/C16H20N2O10/c1-25-13-3-2-12(26-4-5-28-18(23)24)8-14(13)27-9-11(17)6-10(16(21)22)7-15(19)20/h2-3,7-8,11H,4-6,9,17H2,1H3,(H,19,20)(H,21,22)/b10-7-. The Balaban J connectivity index is 2.70. The molecule has 0 saturated carbocycles. The van der Waals surface area contributed by atoms with E-state index in [9.17, 15) is 19.7 Å². The highest BCUT2D eigenvalue weighted by molar-refractivity contribution is 5.94. The van der Waals surface area contributed by atoms with Crippen LogP contribution in [0.25, 0.3) is 0 Å². The zero-order chi connectivity index (χ0) is 21.1. The fourth-order valence-electron chi connectivity index (χ4n) is 2.03. The fraction of sp³-hybridized carbons (Fsp3) is 0.375. The Morgan fingerprint density at radius 1 is 1.25 bits per heavy atom. The van der Waals surface area contributed by atoms with Crippen molar-refractivity contribution >= 4 is 11.9 Å². The molecule has 1 aromatic carbocycles. The van der Waals surface area contributed by atoms with Crippen LogP contribution in [-0.2, 0) is 14.4 Å². The second-order valence-corrected chi connectivity index (χ2v) is 5.31. The van der Waals surface area contributed by atoms with Crippen LogP contribution in [0.4, 0.5) is 0 Å². The first-order valence-electron chi connectivity index (χ1n) is 7.86. The summed E-state index contributed by atoms with van der Waals surface area (Å²) in [6.45, 7) is -0.462. The van der Waals surface area contributed by atoms with Crippen LogP contribution in [0.3, 0.4) is 0 Å². The minimum absolute atomic E-state index is 0.0752. The summed E-state index contributed by atoms with van der Waals surface area (Å²) >= 11 is 0. The molecule has 0 heterocycles. The predicted molar refractivity (Wildman–Crippen MR) is 92.9 cm³/mol. The lowest BCUT2D eigenvalue weighted by Crippen LogP contribution is -2.29. The molecule has 1 atom stereocenters. The van der Waals surface area contributed by atoms with Gasteiger partial charge in [-0.05, 0) is 18.6 Å². The third-order valence-corrected chi connectivity index (χ3v) is 3.19. The molecule has 0 aliphatic rings. The molecule has 28 heavy (non-hydrogen) atoms. The molecule has 0 fully saturated rings. The largest absolute Gasteiger partial charge is 0.493 e. The highest BCUT2D eigenvalue weighted by Crippen LogP contribution is 2.31. The van der Waals surface area contributed by atoms with Crippen LogP contribution in [0, 0.1) is 10.1 Å². The number of hydrogen-bond acceptors (Lipinski definition) is 9. The molecular weight excluding hydrogens is 380 g/mol. The predicted octanol–water partition coefficient (Wildman–Crippen LogP) is 0.474. The Morgan fingerprint density at radius 2 is 1.96 bits per heavy atom. The Hall–Kier alpha value is -3.54. The second kappa shape index (κ2) is 11.2. The SMILES string of the molecule is COc1ccc(OCCO[N+](=O)[O-])cc1OCC(N)C/C(=C/C(=O)O)C(=O)O. The minimum Gasteiger partial charge on any atom is -0.493 e. The molecule has 0 aliphatic heterocycles. The van der Waals surface area contributed by atoms with Gasteiger partial charge in [-0.1, -0.05) is 0 Å². The average Bonchev–Trinajstić information content (AvgIpc) is 2.62. The Bertz CT molecular complexity index is 734. The van der Waals surface area contributed by atoms with E-state index in [1.165, 1.54) is 19.2 Å². The van der Waals surface area contributed by atoms with Gasteiger partial charge < -0.3 is 35.0 Å². The van der Waals surface area contributed by atoms with Gasteiger partial charge in [0.05, 0.1) is 7.11 Å². The molecule has 0 aromatic heterocycles. The molecule has 0 bridgehead atoms. The quantitative estimate of drug-likeness (QED) is 0.181. The van der Waals surface area contributed by atoms with E-state index in [0.717, 1.165) is 0 Å². The number of nitrogens with zero attached hydrogens (tertiary/aromatic N) is 1. The molecule has 1 unspecified atom stereocenters. The lowest BCUT2D eigenvalue weighted by atomic mass is 10.1. The second-order valence-electron chi connectivity index (χ2n) is 5.31. The van der Waals surface area contributed by atoms with Gasteiger partial charge in [0.25, 0.3) is 5.09 Å². The van der Waals surface area contributed by atoms with Crippen molar-refractivity contribution in [1.82, 2.24) is 0 Å². The van der Waals surface area contributed by atoms with Gasteiger partial charge in [-0.3, -0.25) is 0 Å². The third-order valence-electron chi connectivity index (χ3n) is 3.19. The maximum Gasteiger partial charge on any atom is 0.331 e. The first-order chi connectivity index (χ1) is 13.2. The van der Waals surface area contributed by atoms with E-state index in [0.29, 0.717) is 17.6 Å². The van der Waals surface area contributed by atoms with Gasteiger partial charge in [-0.15, -0.1) is 10.1 Å². The van der Waals surface area contributed by atoms with Crippen LogP contribution in [0.1, 0.15) is 6.42 Å². The lowest BCUT2D eigenvalue weighted by Gasteiger charge is -2.16. The van der Waals surface area contributed by atoms with Crippen LogP contribution in [-0.4, -0.2) is 60.2 Å². The van der Waals surface area contributed by atoms with E-state index < -0.39 is 23.1 Å². The topological polar surface area (TPSA) is 181 Å². The van der Waals surface area contributed by atoms with Gasteiger partial charge in [0.1, 0.15) is 25.6 Å². The number of nitrogens with two attached hydrogens (primary N) is 1. The van der Waals surface area contributed by atoms with Crippen molar-refractivity contribution in [2.45, 2.75) is 12.5 Å². The molecule has 1 rings (SSSR count). The summed E-state index contributed by atoms with van der Waals surface area (Å²) in [4.78, 5) is 35.9. The summed E-state index contributed by atoms with van der Waals surface area (Å²) in [7, 11) is 1.41. The molecule has 0 spiro atoms. The molecule has 154 valence electrons. The summed E-state index contributed by atoms with van der Waals surface area (Å²) in [6, 6.07) is 3.75. The van der Waals surface area contributed by atoms with E-state index in [1.807, 2.05) is 0 Å². The maximum atomic E-state index is 11.0. The van der Waals surface area contributed by atoms with Gasteiger partial charge in [-0.25, -0.2) is 9.59 Å². The highest BCUT2D eigenvalue weighted by Gasteiger charge is 2.16. The smallest absolute Gasteiger partial charge is 0.331 e. The molecule has 4 N–H and O–H groups in total. The van der Waals surface area contributed by atoms with Gasteiger partial charge in [-0.2, -0.15) is 0 Å². The lowest BCUT2D eigenvalue weighted by molar-refractivity contribution is -0.757. The zero-order valence-corrected chi connectivity index (χ0v) is 14.9. The van der Waals surface area contributed by atoms with E-state index in [-0.39, 0.29) is 37.6 Å². The Morgan fingerprint density at radius 3 is 2.54 bits per heavy atom. The van der Waals surface area contributed by atoms with Crippen molar-refractivity contribution in [1.29, 1.82) is 0 Å². The average molecular weight is 400 g/mol. The van der Waals surface area contributed by atoms with Crippen LogP contribution < -0.4 is 19.9 Å². The number of hydrogen-bond donors (Lipinski definition) is 3. The molecule has 0 aliphatic carbocycles. The number of benzene rings is 1. The first-order valence-corrected chi connectivity index (χ1v) is 7.86. The Labute approximate surface area is 159 Å². The van der Waals surface area contributed by atoms with Crippen LogP contribution in [0.2, 0.25) is 0 Å². The molecular formula is C16H20N2O10. The molecule has 0 saturated heterocycles. The minimum atomic E-state index is -1.39. The number of carboxylic acids is 2. The number of methoxy groups -OCH3 is 1. The van der Waals surface area contributed by atoms with Crippen molar-refractivity contribution in [3.8, 4) is 17.2 Å². The van der Waals surface area contributed by atoms with Crippen LogP contribution in [0.15, 0.2) is 29.8 Å². The van der Waals surface area contributed by atoms with Crippen LogP contribution >= 0.6 is 0 Å². The maximum absolute atomic E-state index is 11.0. The van der Waals surface area contributed by atoms with E-state index in [2.05, 4.69) is 4.84 Å². The third kappa shape index (κ3) is 8.23. The number of carboxylic acid groups (broad SMARTS) is 2. The molecule has 1 aromatic rings. The van der Waals surface area contributed by atoms with Crippen molar-refractivity contribution in [3.63, 3.8) is 0 Å². The first kappa shape index (κ1) is 22.5. The summed E-state index contributed by atoms with van der Waals surface area (Å²) in [5.41, 5.74) is 5.46. The number of rotatable bonds is 13. The molecule has 0 radical (unpaired) electrons. The van der Waals surface area contributed by atoms with Gasteiger partial charge in [0, 0.05) is 23.8 Å². The monoisotopic (exact) mass is 400 g/mol. The fourth-order valence-corrected chi connectivity index (χ4v) is 2.03. The van der Waals surface area contributed by atoms with E-state index in [1.54, 1.807) is 6.07 Å². The summed E-state index contributed by atoms with van der Waals surface area (Å²) in [5.74, 6) is -1.86.